The van der Waals surface area contributed by atoms with Crippen molar-refractivity contribution in [3.63, 3.8) is 0 Å². The highest BCUT2D eigenvalue weighted by atomic mass is 19.1. The summed E-state index contributed by atoms with van der Waals surface area (Å²) in [5.74, 6) is -0.186. The van der Waals surface area contributed by atoms with Gasteiger partial charge in [0.1, 0.15) is 12.4 Å². The van der Waals surface area contributed by atoms with Crippen LogP contribution in [0, 0.1) is 18.7 Å². The van der Waals surface area contributed by atoms with Crippen molar-refractivity contribution in [2.75, 3.05) is 6.54 Å². The first-order valence-electron chi connectivity index (χ1n) is 9.50. The summed E-state index contributed by atoms with van der Waals surface area (Å²) >= 11 is 0. The number of carbonyl (C=O) groups is 1. The van der Waals surface area contributed by atoms with Gasteiger partial charge in [-0.05, 0) is 35.4 Å². The van der Waals surface area contributed by atoms with Crippen LogP contribution in [0.3, 0.4) is 0 Å². The first-order valence-corrected chi connectivity index (χ1v) is 9.50. The van der Waals surface area contributed by atoms with Gasteiger partial charge in [-0.1, -0.05) is 36.4 Å². The molecule has 1 aliphatic heterocycles. The summed E-state index contributed by atoms with van der Waals surface area (Å²) in [4.78, 5) is 13.4. The number of hydrazone groups is 1. The number of rotatable bonds is 6. The van der Waals surface area contributed by atoms with Crippen LogP contribution < -0.4 is 16.3 Å². The second-order valence-electron chi connectivity index (χ2n) is 6.99. The number of tetrazole rings is 1. The van der Waals surface area contributed by atoms with Crippen molar-refractivity contribution < 1.29 is 9.18 Å². The Bertz CT molecular complexity index is 1050. The number of halogens is 1. The van der Waals surface area contributed by atoms with Gasteiger partial charge in [0, 0.05) is 24.2 Å². The highest BCUT2D eigenvalue weighted by molar-refractivity contribution is 5.76. The maximum Gasteiger partial charge on any atom is 0.263 e. The highest BCUT2D eigenvalue weighted by Crippen LogP contribution is 2.23. The quantitative estimate of drug-likeness (QED) is 0.420. The normalized spacial score (nSPS) is 18.7. The van der Waals surface area contributed by atoms with E-state index in [9.17, 15) is 9.18 Å². The number of nitrogens with zero attached hydrogens (tertiary/aromatic N) is 5. The molecule has 30 heavy (non-hydrogen) atoms. The Morgan fingerprint density at radius 3 is 2.90 bits per heavy atom. The Morgan fingerprint density at radius 1 is 1.30 bits per heavy atom. The monoisotopic (exact) mass is 408 g/mol. The summed E-state index contributed by atoms with van der Waals surface area (Å²) in [7, 11) is 0. The molecule has 1 aromatic heterocycles. The fourth-order valence-electron chi connectivity index (χ4n) is 3.26. The third kappa shape index (κ3) is 4.56. The predicted molar refractivity (Wildman–Crippen MR) is 108 cm³/mol. The van der Waals surface area contributed by atoms with Gasteiger partial charge in [0.2, 0.25) is 5.82 Å². The third-order valence-corrected chi connectivity index (χ3v) is 4.83. The van der Waals surface area contributed by atoms with Gasteiger partial charge in [0.05, 0.1) is 6.04 Å². The molecule has 0 aliphatic carbocycles. The topological polar surface area (TPSA) is 109 Å². The molecular weight excluding hydrogens is 387 g/mol. The molecule has 0 spiro atoms. The lowest BCUT2D eigenvalue weighted by molar-refractivity contribution is -0.122. The molecule has 2 atom stereocenters. The minimum atomic E-state index is -0.364. The van der Waals surface area contributed by atoms with Crippen LogP contribution in [0.4, 0.5) is 4.39 Å². The fraction of sp³-hybridized carbons (Fsp3) is 0.250. The van der Waals surface area contributed by atoms with Crippen LogP contribution in [0.25, 0.3) is 11.4 Å². The average Bonchev–Trinajstić information content (AvgIpc) is 3.39. The lowest BCUT2D eigenvalue weighted by atomic mass is 9.96. The van der Waals surface area contributed by atoms with E-state index in [4.69, 9.17) is 0 Å². The molecule has 3 N–H and O–H groups in total. The van der Waals surface area contributed by atoms with Crippen LogP contribution in [0.5, 0.6) is 0 Å². The molecule has 0 saturated carbocycles. The minimum absolute atomic E-state index is 0.00656. The van der Waals surface area contributed by atoms with Gasteiger partial charge in [-0.3, -0.25) is 10.2 Å². The molecule has 3 aromatic rings. The standard InChI is InChI=1S/C20H21FN8O/c1-13-4-2-3-5-17(13)20-26-28-29(27-20)12-18(30)24-22-10-15-11-23-25-19(15)14-6-8-16(21)9-7-14/h2-10,15,19,23,25H,11-12H2,1H3,(H,24,30)/b22-10+. The van der Waals surface area contributed by atoms with Gasteiger partial charge in [-0.15, -0.1) is 10.2 Å². The number of nitrogens with one attached hydrogen (secondary N) is 3. The smallest absolute Gasteiger partial charge is 0.263 e. The Hall–Kier alpha value is -3.50. The highest BCUT2D eigenvalue weighted by Gasteiger charge is 2.26. The van der Waals surface area contributed by atoms with E-state index in [1.165, 1.54) is 16.9 Å². The summed E-state index contributed by atoms with van der Waals surface area (Å²) in [6.45, 7) is 2.49. The summed E-state index contributed by atoms with van der Waals surface area (Å²) in [5.41, 5.74) is 11.5. The molecule has 1 amide bonds. The van der Waals surface area contributed by atoms with Crippen LogP contribution in [-0.4, -0.2) is 38.9 Å². The molecule has 9 nitrogen and oxygen atoms in total. The second kappa shape index (κ2) is 8.89. The zero-order valence-electron chi connectivity index (χ0n) is 16.3. The van der Waals surface area contributed by atoms with Gasteiger partial charge in [-0.25, -0.2) is 15.2 Å². The van der Waals surface area contributed by atoms with Crippen molar-refractivity contribution in [3.8, 4) is 11.4 Å². The van der Waals surface area contributed by atoms with Crippen LogP contribution in [-0.2, 0) is 11.3 Å². The van der Waals surface area contributed by atoms with Crippen LogP contribution >= 0.6 is 0 Å². The fourth-order valence-corrected chi connectivity index (χ4v) is 3.26. The molecule has 10 heteroatoms. The number of carbonyl (C=O) groups excluding carboxylic acids is 1. The van der Waals surface area contributed by atoms with Crippen molar-refractivity contribution >= 4 is 12.1 Å². The molecule has 154 valence electrons. The number of hydrazine groups is 1. The van der Waals surface area contributed by atoms with E-state index in [0.29, 0.717) is 12.4 Å². The molecule has 2 aromatic carbocycles. The predicted octanol–water partition coefficient (Wildman–Crippen LogP) is 1.35. The van der Waals surface area contributed by atoms with Gasteiger partial charge in [0.25, 0.3) is 5.91 Å². The maximum absolute atomic E-state index is 13.1. The molecule has 4 rings (SSSR count). The van der Waals surface area contributed by atoms with Crippen LogP contribution in [0.1, 0.15) is 17.2 Å². The summed E-state index contributed by atoms with van der Waals surface area (Å²) < 4.78 is 13.1. The molecule has 1 saturated heterocycles. The van der Waals surface area contributed by atoms with E-state index in [1.54, 1.807) is 18.3 Å². The first-order chi connectivity index (χ1) is 14.6. The molecule has 2 unspecified atom stereocenters. The van der Waals surface area contributed by atoms with E-state index in [2.05, 4.69) is 36.8 Å². The Balaban J connectivity index is 1.33. The largest absolute Gasteiger partial charge is 0.271 e. The van der Waals surface area contributed by atoms with Crippen LogP contribution in [0.15, 0.2) is 53.6 Å². The summed E-state index contributed by atoms with van der Waals surface area (Å²) in [5, 5.41) is 16.3. The van der Waals surface area contributed by atoms with Crippen LogP contribution in [0.2, 0.25) is 0 Å². The van der Waals surface area contributed by atoms with Crippen molar-refractivity contribution in [1.82, 2.24) is 36.5 Å². The number of benzene rings is 2. The average molecular weight is 408 g/mol. The number of amides is 1. The molecule has 0 bridgehead atoms. The van der Waals surface area contributed by atoms with Gasteiger partial charge < -0.3 is 0 Å². The second-order valence-corrected chi connectivity index (χ2v) is 6.99. The SMILES string of the molecule is Cc1ccccc1-c1nnn(CC(=O)N/N=C/C2CNNC2c2ccc(F)cc2)n1. The summed E-state index contributed by atoms with van der Waals surface area (Å²) in [6, 6.07) is 13.9. The van der Waals surface area contributed by atoms with E-state index in [-0.39, 0.29) is 30.2 Å². The lowest BCUT2D eigenvalue weighted by Crippen LogP contribution is -2.26. The van der Waals surface area contributed by atoms with Gasteiger partial charge in [0.15, 0.2) is 0 Å². The number of aromatic nitrogens is 4. The molecule has 2 heterocycles. The molecule has 1 aliphatic rings. The number of hydrogen-bond acceptors (Lipinski definition) is 7. The number of aryl methyl sites for hydroxylation is 1. The molecule has 0 radical (unpaired) electrons. The van der Waals surface area contributed by atoms with E-state index in [1.807, 2.05) is 31.2 Å². The minimum Gasteiger partial charge on any atom is -0.271 e. The van der Waals surface area contributed by atoms with Gasteiger partial charge >= 0.3 is 0 Å². The van der Waals surface area contributed by atoms with Crippen molar-refractivity contribution in [2.45, 2.75) is 19.5 Å². The molecule has 1 fully saturated rings. The van der Waals surface area contributed by atoms with E-state index >= 15 is 0 Å². The van der Waals surface area contributed by atoms with Crippen molar-refractivity contribution in [3.05, 3.63) is 65.5 Å². The Labute approximate surface area is 172 Å². The van der Waals surface area contributed by atoms with Crippen molar-refractivity contribution in [1.29, 1.82) is 0 Å². The van der Waals surface area contributed by atoms with E-state index < -0.39 is 0 Å². The zero-order chi connectivity index (χ0) is 20.9. The third-order valence-electron chi connectivity index (χ3n) is 4.83. The van der Waals surface area contributed by atoms with Gasteiger partial charge in [-0.2, -0.15) is 9.90 Å². The first kappa shape index (κ1) is 19.8. The van der Waals surface area contributed by atoms with E-state index in [0.717, 1.165) is 16.7 Å². The summed E-state index contributed by atoms with van der Waals surface area (Å²) in [6.07, 6.45) is 1.66. The molecular formula is C20H21FN8O. The van der Waals surface area contributed by atoms with Crippen molar-refractivity contribution in [2.24, 2.45) is 11.0 Å². The number of hydrogen-bond donors (Lipinski definition) is 3. The maximum atomic E-state index is 13.1. The lowest BCUT2D eigenvalue weighted by Gasteiger charge is -2.15. The Morgan fingerprint density at radius 2 is 2.10 bits per heavy atom. The Kier molecular flexibility index (Phi) is 5.87. The zero-order valence-corrected chi connectivity index (χ0v) is 16.3.